The van der Waals surface area contributed by atoms with E-state index in [0.29, 0.717) is 35.7 Å². The van der Waals surface area contributed by atoms with Gasteiger partial charge in [-0.05, 0) is 61.6 Å². The number of oxime groups is 1. The third-order valence-electron chi connectivity index (χ3n) is 8.03. The number of carbonyl (C=O) groups excluding carboxylic acids is 1. The number of hydrogen-bond donors (Lipinski definition) is 2. The molecule has 1 aromatic carbocycles. The highest BCUT2D eigenvalue weighted by molar-refractivity contribution is 7.89. The summed E-state index contributed by atoms with van der Waals surface area (Å²) in [6.07, 6.45) is 6.55. The molecule has 3 fully saturated rings. The van der Waals surface area contributed by atoms with E-state index < -0.39 is 21.5 Å². The third-order valence-corrected chi connectivity index (χ3v) is 9.60. The fraction of sp³-hybridized carbons (Fsp3) is 0.625. The van der Waals surface area contributed by atoms with Crippen LogP contribution in [0.25, 0.3) is 0 Å². The van der Waals surface area contributed by atoms with Gasteiger partial charge < -0.3 is 0 Å². The first-order valence-corrected chi connectivity index (χ1v) is 13.4. The number of hydrogen-bond acceptors (Lipinski definition) is 6. The van der Waals surface area contributed by atoms with Crippen molar-refractivity contribution in [2.45, 2.75) is 71.3 Å². The Morgan fingerprint density at radius 3 is 2.70 bits per heavy atom. The van der Waals surface area contributed by atoms with E-state index in [1.807, 2.05) is 6.07 Å². The highest BCUT2D eigenvalue weighted by atomic mass is 32.2. The van der Waals surface area contributed by atoms with E-state index in [1.54, 1.807) is 24.3 Å². The van der Waals surface area contributed by atoms with Gasteiger partial charge in [-0.3, -0.25) is 10.2 Å². The van der Waals surface area contributed by atoms with Gasteiger partial charge in [-0.2, -0.15) is 5.26 Å². The summed E-state index contributed by atoms with van der Waals surface area (Å²) in [5, 5.41) is 15.8. The van der Waals surface area contributed by atoms with Gasteiger partial charge in [0.15, 0.2) is 0 Å². The lowest BCUT2D eigenvalue weighted by Gasteiger charge is -2.38. The van der Waals surface area contributed by atoms with E-state index in [2.05, 4.69) is 29.0 Å². The molecular formula is C24H32N4O4S. The number of amides is 1. The standard InChI is InChI=1S/C24H32N4O4S/c1-23(2)18-11-12-24(23,16-33(30,31)28-19-8-4-3-5-9-19)21(14-18)27-32-22(29)26-20-10-6-7-17(13-20)15-25/h6-7,10,13,18-19,28H,3-5,8-9,11-12,14,16H2,1-2H3,(H,26,29)/b27-21+. The number of sulfonamides is 1. The van der Waals surface area contributed by atoms with Crippen molar-refractivity contribution in [3.8, 4) is 6.07 Å². The van der Waals surface area contributed by atoms with Gasteiger partial charge in [0, 0.05) is 17.1 Å². The second-order valence-electron chi connectivity index (χ2n) is 10.2. The third kappa shape index (κ3) is 4.78. The van der Waals surface area contributed by atoms with Crippen molar-refractivity contribution in [3.05, 3.63) is 29.8 Å². The Morgan fingerprint density at radius 1 is 1.24 bits per heavy atom. The van der Waals surface area contributed by atoms with Crippen molar-refractivity contribution < 1.29 is 18.0 Å². The number of nitrogens with one attached hydrogen (secondary N) is 2. The molecule has 178 valence electrons. The van der Waals surface area contributed by atoms with Crippen LogP contribution in [0.15, 0.2) is 29.4 Å². The van der Waals surface area contributed by atoms with E-state index in [4.69, 9.17) is 10.1 Å². The minimum absolute atomic E-state index is 0.00783. The van der Waals surface area contributed by atoms with Crippen LogP contribution >= 0.6 is 0 Å². The Labute approximate surface area is 195 Å². The number of fused-ring (bicyclic) bond motifs is 2. The molecule has 2 bridgehead atoms. The molecule has 0 aromatic heterocycles. The van der Waals surface area contributed by atoms with Crippen molar-refractivity contribution in [1.82, 2.24) is 4.72 Å². The van der Waals surface area contributed by atoms with E-state index in [9.17, 15) is 13.2 Å². The van der Waals surface area contributed by atoms with Crippen LogP contribution < -0.4 is 10.0 Å². The van der Waals surface area contributed by atoms with Crippen LogP contribution in [-0.2, 0) is 14.9 Å². The topological polar surface area (TPSA) is 121 Å². The molecular weight excluding hydrogens is 440 g/mol. The van der Waals surface area contributed by atoms with Gasteiger partial charge in [-0.1, -0.05) is 44.3 Å². The average molecular weight is 473 g/mol. The van der Waals surface area contributed by atoms with Crippen molar-refractivity contribution in [1.29, 1.82) is 5.26 Å². The first-order chi connectivity index (χ1) is 15.6. The van der Waals surface area contributed by atoms with Crippen LogP contribution in [-0.4, -0.2) is 32.0 Å². The Morgan fingerprint density at radius 2 is 2.00 bits per heavy atom. The Bertz CT molecular complexity index is 1090. The Hall–Kier alpha value is -2.44. The SMILES string of the molecule is CC1(C)C2CCC1(CS(=O)(=O)NC1CCCCC1)/C(=N/OC(=O)Nc1cccc(C#N)c1)C2. The van der Waals surface area contributed by atoms with E-state index in [-0.39, 0.29) is 17.2 Å². The number of nitriles is 1. The van der Waals surface area contributed by atoms with Gasteiger partial charge in [0.1, 0.15) is 0 Å². The van der Waals surface area contributed by atoms with Crippen LogP contribution in [0.5, 0.6) is 0 Å². The minimum atomic E-state index is -3.52. The lowest BCUT2D eigenvalue weighted by molar-refractivity contribution is 0.160. The predicted molar refractivity (Wildman–Crippen MR) is 126 cm³/mol. The highest BCUT2D eigenvalue weighted by Gasteiger charge is 2.64. The van der Waals surface area contributed by atoms with Gasteiger partial charge in [-0.15, -0.1) is 0 Å². The van der Waals surface area contributed by atoms with Crippen molar-refractivity contribution in [2.24, 2.45) is 21.9 Å². The number of carbonyl (C=O) groups is 1. The smallest absolute Gasteiger partial charge is 0.298 e. The fourth-order valence-corrected chi connectivity index (χ4v) is 8.17. The maximum atomic E-state index is 13.2. The maximum Gasteiger partial charge on any atom is 0.437 e. The van der Waals surface area contributed by atoms with Crippen molar-refractivity contribution >= 4 is 27.5 Å². The summed E-state index contributed by atoms with van der Waals surface area (Å²) < 4.78 is 29.3. The van der Waals surface area contributed by atoms with Gasteiger partial charge in [0.05, 0.1) is 23.1 Å². The Balaban J connectivity index is 1.49. The molecule has 3 saturated carbocycles. The van der Waals surface area contributed by atoms with Gasteiger partial charge >= 0.3 is 6.09 Å². The quantitative estimate of drug-likeness (QED) is 0.465. The van der Waals surface area contributed by atoms with Crippen LogP contribution in [0.2, 0.25) is 0 Å². The van der Waals surface area contributed by atoms with Crippen LogP contribution in [0.1, 0.15) is 70.8 Å². The van der Waals surface area contributed by atoms with Crippen LogP contribution in [0.4, 0.5) is 10.5 Å². The van der Waals surface area contributed by atoms with Gasteiger partial charge in [-0.25, -0.2) is 17.9 Å². The summed E-state index contributed by atoms with van der Waals surface area (Å²) in [6.45, 7) is 4.22. The monoisotopic (exact) mass is 472 g/mol. The molecule has 2 atom stereocenters. The molecule has 3 aliphatic rings. The molecule has 2 unspecified atom stereocenters. The predicted octanol–water partition coefficient (Wildman–Crippen LogP) is 4.54. The lowest BCUT2D eigenvalue weighted by atomic mass is 9.70. The normalized spacial score (nSPS) is 27.9. The van der Waals surface area contributed by atoms with E-state index in [1.165, 1.54) is 0 Å². The molecule has 0 heterocycles. The maximum absolute atomic E-state index is 13.2. The number of benzene rings is 1. The van der Waals surface area contributed by atoms with E-state index in [0.717, 1.165) is 38.5 Å². The number of rotatable bonds is 6. The van der Waals surface area contributed by atoms with Gasteiger partial charge in [0.25, 0.3) is 0 Å². The molecule has 1 amide bonds. The highest BCUT2D eigenvalue weighted by Crippen LogP contribution is 2.64. The first-order valence-electron chi connectivity index (χ1n) is 11.7. The lowest BCUT2D eigenvalue weighted by Crippen LogP contribution is -2.47. The molecule has 0 saturated heterocycles. The zero-order valence-electron chi connectivity index (χ0n) is 19.3. The molecule has 2 N–H and O–H groups in total. The van der Waals surface area contributed by atoms with E-state index >= 15 is 0 Å². The van der Waals surface area contributed by atoms with Crippen molar-refractivity contribution in [3.63, 3.8) is 0 Å². The minimum Gasteiger partial charge on any atom is -0.298 e. The van der Waals surface area contributed by atoms with Gasteiger partial charge in [0.2, 0.25) is 10.0 Å². The molecule has 0 spiro atoms. The van der Waals surface area contributed by atoms with Crippen LogP contribution in [0, 0.1) is 28.1 Å². The average Bonchev–Trinajstić information content (AvgIpc) is 3.12. The first kappa shape index (κ1) is 23.7. The summed E-state index contributed by atoms with van der Waals surface area (Å²) >= 11 is 0. The molecule has 3 aliphatic carbocycles. The summed E-state index contributed by atoms with van der Waals surface area (Å²) in [4.78, 5) is 17.5. The second kappa shape index (κ2) is 9.07. The molecule has 8 nitrogen and oxygen atoms in total. The molecule has 0 aliphatic heterocycles. The number of nitrogens with zero attached hydrogens (tertiary/aromatic N) is 2. The fourth-order valence-electron chi connectivity index (χ4n) is 6.01. The molecule has 1 aromatic rings. The molecule has 9 heteroatoms. The molecule has 0 radical (unpaired) electrons. The zero-order chi connectivity index (χ0) is 23.7. The molecule has 4 rings (SSSR count). The summed E-state index contributed by atoms with van der Waals surface area (Å²) in [5.74, 6) is 0.272. The zero-order valence-corrected chi connectivity index (χ0v) is 20.1. The second-order valence-corrected chi connectivity index (χ2v) is 11.9. The summed E-state index contributed by atoms with van der Waals surface area (Å²) in [6, 6.07) is 8.52. The van der Waals surface area contributed by atoms with Crippen LogP contribution in [0.3, 0.4) is 0 Å². The molecule has 33 heavy (non-hydrogen) atoms. The Kier molecular flexibility index (Phi) is 6.52. The summed E-state index contributed by atoms with van der Waals surface area (Å²) in [5.41, 5.74) is 0.594. The van der Waals surface area contributed by atoms with Crippen molar-refractivity contribution in [2.75, 3.05) is 11.1 Å². The summed E-state index contributed by atoms with van der Waals surface area (Å²) in [7, 11) is -3.52. The number of anilines is 1. The largest absolute Gasteiger partial charge is 0.437 e.